The molecular weight excluding hydrogens is 370 g/mol. The maximum atomic E-state index is 13.2. The molecule has 0 unspecified atom stereocenters. The Balaban J connectivity index is 3.22. The van der Waals surface area contributed by atoms with Gasteiger partial charge in [-0.25, -0.2) is 4.79 Å². The van der Waals surface area contributed by atoms with Gasteiger partial charge in [-0.1, -0.05) is 34.6 Å². The number of nitrogens with one attached hydrogen (secondary N) is 1. The summed E-state index contributed by atoms with van der Waals surface area (Å²) in [5, 5.41) is 2.93. The number of carbonyl (C=O) groups excluding carboxylic acids is 2. The van der Waals surface area contributed by atoms with Crippen LogP contribution in [0.3, 0.4) is 0 Å². The average Bonchev–Trinajstić information content (AvgIpc) is 2.66. The lowest BCUT2D eigenvalue weighted by atomic mass is 9.84. The minimum Gasteiger partial charge on any atom is -0.490 e. The number of rotatable bonds is 11. The average molecular weight is 408 g/mol. The van der Waals surface area contributed by atoms with E-state index in [1.165, 1.54) is 7.11 Å². The molecule has 0 aliphatic heterocycles. The summed E-state index contributed by atoms with van der Waals surface area (Å²) >= 11 is 0. The minimum absolute atomic E-state index is 0.0444. The lowest BCUT2D eigenvalue weighted by Gasteiger charge is -2.34. The van der Waals surface area contributed by atoms with E-state index in [2.05, 4.69) is 33.0 Å². The number of ether oxygens (including phenoxy) is 3. The fourth-order valence-electron chi connectivity index (χ4n) is 3.37. The van der Waals surface area contributed by atoms with E-state index in [-0.39, 0.29) is 29.4 Å². The second kappa shape index (κ2) is 11.2. The highest BCUT2D eigenvalue weighted by molar-refractivity contribution is 5.99. The predicted molar refractivity (Wildman–Crippen MR) is 115 cm³/mol. The van der Waals surface area contributed by atoms with Crippen molar-refractivity contribution >= 4 is 17.6 Å². The highest BCUT2D eigenvalue weighted by Gasteiger charge is 2.39. The molecule has 0 spiro atoms. The summed E-state index contributed by atoms with van der Waals surface area (Å²) in [5.41, 5.74) is -0.151. The van der Waals surface area contributed by atoms with Gasteiger partial charge in [0.2, 0.25) is 0 Å². The van der Waals surface area contributed by atoms with Crippen LogP contribution in [0.2, 0.25) is 0 Å². The number of anilines is 1. The van der Waals surface area contributed by atoms with E-state index in [0.29, 0.717) is 24.3 Å². The Bertz CT molecular complexity index is 674. The summed E-state index contributed by atoms with van der Waals surface area (Å²) in [6.45, 7) is 12.2. The van der Waals surface area contributed by atoms with Crippen LogP contribution in [0.1, 0.15) is 71.2 Å². The van der Waals surface area contributed by atoms with Crippen molar-refractivity contribution in [1.82, 2.24) is 0 Å². The van der Waals surface area contributed by atoms with Crippen molar-refractivity contribution in [3.63, 3.8) is 0 Å². The molecule has 1 amide bonds. The van der Waals surface area contributed by atoms with Crippen molar-refractivity contribution in [2.24, 2.45) is 11.8 Å². The molecule has 0 fully saturated rings. The summed E-state index contributed by atoms with van der Waals surface area (Å²) in [6.07, 6.45) is 1.97. The zero-order valence-electron chi connectivity index (χ0n) is 19.1. The van der Waals surface area contributed by atoms with Crippen LogP contribution in [0.25, 0.3) is 0 Å². The van der Waals surface area contributed by atoms with Crippen molar-refractivity contribution < 1.29 is 23.8 Å². The summed E-state index contributed by atoms with van der Waals surface area (Å²) < 4.78 is 16.5. The van der Waals surface area contributed by atoms with Crippen LogP contribution in [0, 0.1) is 11.8 Å². The van der Waals surface area contributed by atoms with E-state index in [4.69, 9.17) is 14.2 Å². The monoisotopic (exact) mass is 407 g/mol. The molecule has 29 heavy (non-hydrogen) atoms. The third kappa shape index (κ3) is 7.03. The smallest absolute Gasteiger partial charge is 0.341 e. The summed E-state index contributed by atoms with van der Waals surface area (Å²) in [7, 11) is 2.90. The predicted octanol–water partition coefficient (Wildman–Crippen LogP) is 5.07. The summed E-state index contributed by atoms with van der Waals surface area (Å²) in [4.78, 5) is 25.5. The number of amides is 1. The van der Waals surface area contributed by atoms with Gasteiger partial charge in [0.25, 0.3) is 5.91 Å². The van der Waals surface area contributed by atoms with E-state index in [1.807, 2.05) is 13.8 Å². The van der Waals surface area contributed by atoms with Gasteiger partial charge in [-0.05, 0) is 56.2 Å². The Morgan fingerprint density at radius 3 is 2.07 bits per heavy atom. The van der Waals surface area contributed by atoms with Crippen LogP contribution in [0.5, 0.6) is 5.75 Å². The number of carbonyl (C=O) groups is 2. The third-order valence-electron chi connectivity index (χ3n) is 4.83. The fourth-order valence-corrected chi connectivity index (χ4v) is 3.37. The molecule has 0 aromatic heterocycles. The minimum atomic E-state index is -0.931. The number of hydrogen-bond donors (Lipinski definition) is 1. The largest absolute Gasteiger partial charge is 0.490 e. The number of hydrogen-bond acceptors (Lipinski definition) is 5. The third-order valence-corrected chi connectivity index (χ3v) is 4.83. The van der Waals surface area contributed by atoms with E-state index >= 15 is 0 Å². The Morgan fingerprint density at radius 2 is 1.62 bits per heavy atom. The zero-order chi connectivity index (χ0) is 22.2. The molecule has 1 N–H and O–H groups in total. The maximum absolute atomic E-state index is 13.2. The number of benzene rings is 1. The second-order valence-corrected chi connectivity index (χ2v) is 8.39. The standard InChI is InChI=1S/C23H37NO5/c1-9-17(6)29-20-11-10-18(12-19(20)21(25)27-7)24-22(26)23(28-8,13-15(2)3)14-16(4)5/h10-12,15-17H,9,13-14H2,1-8H3,(H,24,26)/t17-/m0/s1. The molecular formula is C23H37NO5. The normalized spacial score (nSPS) is 12.8. The molecule has 1 aromatic rings. The van der Waals surface area contributed by atoms with Crippen LogP contribution in [0.15, 0.2) is 18.2 Å². The van der Waals surface area contributed by atoms with Crippen LogP contribution in [-0.2, 0) is 14.3 Å². The SMILES string of the molecule is CC[C@H](C)Oc1ccc(NC(=O)C(CC(C)C)(CC(C)C)OC)cc1C(=O)OC. The van der Waals surface area contributed by atoms with E-state index in [1.54, 1.807) is 25.3 Å². The van der Waals surface area contributed by atoms with Crippen molar-refractivity contribution in [2.75, 3.05) is 19.5 Å². The number of esters is 1. The molecule has 0 saturated heterocycles. The van der Waals surface area contributed by atoms with Gasteiger partial charge in [-0.15, -0.1) is 0 Å². The van der Waals surface area contributed by atoms with Gasteiger partial charge in [0.05, 0.1) is 13.2 Å². The Kier molecular flexibility index (Phi) is 9.63. The van der Waals surface area contributed by atoms with Crippen molar-refractivity contribution in [3.05, 3.63) is 23.8 Å². The molecule has 1 atom stereocenters. The van der Waals surface area contributed by atoms with Crippen molar-refractivity contribution in [3.8, 4) is 5.75 Å². The first-order valence-corrected chi connectivity index (χ1v) is 10.3. The highest BCUT2D eigenvalue weighted by atomic mass is 16.5. The molecule has 0 heterocycles. The molecule has 1 aromatic carbocycles. The fraction of sp³-hybridized carbons (Fsp3) is 0.652. The first-order valence-electron chi connectivity index (χ1n) is 10.3. The maximum Gasteiger partial charge on any atom is 0.341 e. The van der Waals surface area contributed by atoms with E-state index < -0.39 is 11.6 Å². The van der Waals surface area contributed by atoms with Crippen LogP contribution >= 0.6 is 0 Å². The van der Waals surface area contributed by atoms with Crippen molar-refractivity contribution in [2.45, 2.75) is 72.5 Å². The summed E-state index contributed by atoms with van der Waals surface area (Å²) in [5.74, 6) is 0.287. The highest BCUT2D eigenvalue weighted by Crippen LogP contribution is 2.31. The quantitative estimate of drug-likeness (QED) is 0.519. The van der Waals surface area contributed by atoms with Crippen molar-refractivity contribution in [1.29, 1.82) is 0 Å². The Hall–Kier alpha value is -2.08. The van der Waals surface area contributed by atoms with Crippen LogP contribution < -0.4 is 10.1 Å². The first kappa shape index (κ1) is 25.0. The lowest BCUT2D eigenvalue weighted by molar-refractivity contribution is -0.142. The molecule has 164 valence electrons. The van der Waals surface area contributed by atoms with Gasteiger partial charge in [-0.3, -0.25) is 4.79 Å². The van der Waals surface area contributed by atoms with Gasteiger partial charge in [0.15, 0.2) is 0 Å². The molecule has 0 radical (unpaired) electrons. The second-order valence-electron chi connectivity index (χ2n) is 8.39. The molecule has 1 rings (SSSR count). The molecule has 0 aliphatic rings. The van der Waals surface area contributed by atoms with Crippen LogP contribution in [0.4, 0.5) is 5.69 Å². The number of methoxy groups -OCH3 is 2. The Morgan fingerprint density at radius 1 is 1.03 bits per heavy atom. The summed E-state index contributed by atoms with van der Waals surface area (Å²) in [6, 6.07) is 5.01. The molecule has 6 heteroatoms. The van der Waals surface area contributed by atoms with Gasteiger partial charge in [0, 0.05) is 12.8 Å². The van der Waals surface area contributed by atoms with Gasteiger partial charge in [0.1, 0.15) is 16.9 Å². The molecule has 0 aliphatic carbocycles. The van der Waals surface area contributed by atoms with Gasteiger partial charge >= 0.3 is 5.97 Å². The van der Waals surface area contributed by atoms with E-state index in [9.17, 15) is 9.59 Å². The lowest BCUT2D eigenvalue weighted by Crippen LogP contribution is -2.47. The topological polar surface area (TPSA) is 73.9 Å². The van der Waals surface area contributed by atoms with E-state index in [0.717, 1.165) is 6.42 Å². The van der Waals surface area contributed by atoms with Crippen LogP contribution in [-0.4, -0.2) is 37.8 Å². The molecule has 0 bridgehead atoms. The molecule has 6 nitrogen and oxygen atoms in total. The zero-order valence-corrected chi connectivity index (χ0v) is 19.1. The first-order chi connectivity index (χ1) is 13.6. The van der Waals surface area contributed by atoms with Gasteiger partial charge < -0.3 is 19.5 Å². The van der Waals surface area contributed by atoms with Gasteiger partial charge in [-0.2, -0.15) is 0 Å². The molecule has 0 saturated carbocycles. The Labute approximate surface area is 175 Å².